The molecule has 2 atom stereocenters. The highest BCUT2D eigenvalue weighted by Crippen LogP contribution is 2.28. The van der Waals surface area contributed by atoms with Crippen molar-refractivity contribution in [3.8, 4) is 0 Å². The summed E-state index contributed by atoms with van der Waals surface area (Å²) < 4.78 is 7.54. The molecule has 2 heterocycles. The molecule has 3 aromatic rings. The first-order valence-corrected chi connectivity index (χ1v) is 9.55. The van der Waals surface area contributed by atoms with Crippen LogP contribution in [-0.2, 0) is 11.3 Å². The molecule has 1 unspecified atom stereocenters. The van der Waals surface area contributed by atoms with Crippen LogP contribution in [0.3, 0.4) is 0 Å². The number of rotatable bonds is 5. The molecule has 4 rings (SSSR count). The molecule has 0 spiro atoms. The molecule has 0 amide bonds. The molecule has 2 aromatic carbocycles. The lowest BCUT2D eigenvalue weighted by Gasteiger charge is -2.32. The number of benzene rings is 2. The summed E-state index contributed by atoms with van der Waals surface area (Å²) in [6.07, 6.45) is 2.09. The third-order valence-corrected chi connectivity index (χ3v) is 5.29. The molecular weight excluding hydrogens is 336 g/mol. The van der Waals surface area contributed by atoms with E-state index in [1.54, 1.807) is 0 Å². The Morgan fingerprint density at radius 1 is 1.11 bits per heavy atom. The predicted octanol–water partition coefficient (Wildman–Crippen LogP) is 3.44. The Kier molecular flexibility index (Phi) is 5.32. The Bertz CT molecular complexity index is 877. The van der Waals surface area contributed by atoms with Crippen molar-refractivity contribution in [1.29, 1.82) is 0 Å². The van der Waals surface area contributed by atoms with E-state index in [0.29, 0.717) is 6.04 Å². The number of aromatic nitrogens is 3. The van der Waals surface area contributed by atoms with Gasteiger partial charge in [0.15, 0.2) is 0 Å². The van der Waals surface area contributed by atoms with E-state index >= 15 is 0 Å². The van der Waals surface area contributed by atoms with Crippen molar-refractivity contribution in [2.24, 2.45) is 0 Å². The molecule has 27 heavy (non-hydrogen) atoms. The third-order valence-electron chi connectivity index (χ3n) is 5.29. The fourth-order valence-corrected chi connectivity index (χ4v) is 3.72. The zero-order valence-corrected chi connectivity index (χ0v) is 16.0. The van der Waals surface area contributed by atoms with Gasteiger partial charge in [-0.15, -0.1) is 5.10 Å². The van der Waals surface area contributed by atoms with Gasteiger partial charge in [-0.2, -0.15) is 0 Å². The van der Waals surface area contributed by atoms with Crippen molar-refractivity contribution in [3.63, 3.8) is 0 Å². The molecule has 0 N–H and O–H groups in total. The van der Waals surface area contributed by atoms with E-state index in [-0.39, 0.29) is 6.04 Å². The van der Waals surface area contributed by atoms with Crippen LogP contribution in [0.2, 0.25) is 0 Å². The van der Waals surface area contributed by atoms with Gasteiger partial charge in [0.05, 0.1) is 25.1 Å². The maximum absolute atomic E-state index is 5.54. The molecule has 5 nitrogen and oxygen atoms in total. The summed E-state index contributed by atoms with van der Waals surface area (Å²) in [5, 5.41) is 8.99. The first kappa shape index (κ1) is 17.9. The zero-order valence-electron chi connectivity index (χ0n) is 16.0. The normalized spacial score (nSPS) is 19.1. The smallest absolute Gasteiger partial charge is 0.104 e. The molecule has 0 bridgehead atoms. The van der Waals surface area contributed by atoms with Crippen LogP contribution in [0.5, 0.6) is 0 Å². The highest BCUT2D eigenvalue weighted by atomic mass is 16.5. The Balaban J connectivity index is 1.65. The molecule has 0 radical (unpaired) electrons. The first-order valence-electron chi connectivity index (χ1n) is 9.55. The summed E-state index contributed by atoms with van der Waals surface area (Å²) >= 11 is 0. The minimum atomic E-state index is 0.0239. The van der Waals surface area contributed by atoms with Gasteiger partial charge < -0.3 is 4.74 Å². The van der Waals surface area contributed by atoms with Crippen LogP contribution >= 0.6 is 0 Å². The number of ether oxygens (including phenoxy) is 1. The quantitative estimate of drug-likeness (QED) is 0.697. The zero-order chi connectivity index (χ0) is 18.6. The number of hydrogen-bond acceptors (Lipinski definition) is 4. The van der Waals surface area contributed by atoms with Gasteiger partial charge in [-0.3, -0.25) is 4.90 Å². The standard InChI is InChI=1S/C22H26N4O/c1-17-8-6-7-11-21(17)22(19-9-4-3-5-10-19)26-15-20(23-24-26)14-25-12-13-27-16-18(25)2/h3-11,15,18,22H,12-14,16H2,1-2H3/t18-,22?/m1/s1. The van der Waals surface area contributed by atoms with Gasteiger partial charge in [-0.05, 0) is 30.5 Å². The maximum atomic E-state index is 5.54. The highest BCUT2D eigenvalue weighted by molar-refractivity contribution is 5.37. The van der Waals surface area contributed by atoms with Crippen LogP contribution in [-0.4, -0.2) is 45.7 Å². The second kappa shape index (κ2) is 8.03. The van der Waals surface area contributed by atoms with Gasteiger partial charge >= 0.3 is 0 Å². The largest absolute Gasteiger partial charge is 0.379 e. The predicted molar refractivity (Wildman–Crippen MR) is 106 cm³/mol. The van der Waals surface area contributed by atoms with Crippen molar-refractivity contribution in [3.05, 3.63) is 83.2 Å². The lowest BCUT2D eigenvalue weighted by atomic mass is 9.95. The minimum Gasteiger partial charge on any atom is -0.379 e. The van der Waals surface area contributed by atoms with Crippen LogP contribution in [0.1, 0.15) is 35.3 Å². The monoisotopic (exact) mass is 362 g/mol. The van der Waals surface area contributed by atoms with Crippen LogP contribution in [0.15, 0.2) is 60.8 Å². The van der Waals surface area contributed by atoms with E-state index < -0.39 is 0 Å². The highest BCUT2D eigenvalue weighted by Gasteiger charge is 2.22. The molecule has 5 heteroatoms. The second-order valence-electron chi connectivity index (χ2n) is 7.25. The number of nitrogens with zero attached hydrogens (tertiary/aromatic N) is 4. The molecule has 0 saturated carbocycles. The van der Waals surface area contributed by atoms with Crippen molar-refractivity contribution in [2.75, 3.05) is 19.8 Å². The lowest BCUT2D eigenvalue weighted by molar-refractivity contribution is -0.00492. The number of morpholine rings is 1. The molecule has 1 aromatic heterocycles. The summed E-state index contributed by atoms with van der Waals surface area (Å²) in [5.74, 6) is 0. The van der Waals surface area contributed by atoms with Crippen molar-refractivity contribution in [2.45, 2.75) is 32.5 Å². The fourth-order valence-electron chi connectivity index (χ4n) is 3.72. The number of aryl methyl sites for hydroxylation is 1. The van der Waals surface area contributed by atoms with E-state index in [1.807, 2.05) is 10.7 Å². The van der Waals surface area contributed by atoms with E-state index in [1.165, 1.54) is 16.7 Å². The van der Waals surface area contributed by atoms with Gasteiger partial charge in [0, 0.05) is 19.1 Å². The topological polar surface area (TPSA) is 43.2 Å². The summed E-state index contributed by atoms with van der Waals surface area (Å²) in [5.41, 5.74) is 4.71. The SMILES string of the molecule is Cc1ccccc1C(c1ccccc1)n1cc(CN2CCOC[C@H]2C)nn1. The van der Waals surface area contributed by atoms with Gasteiger partial charge in [-0.1, -0.05) is 59.8 Å². The third kappa shape index (κ3) is 3.94. The Labute approximate surface area is 160 Å². The molecule has 140 valence electrons. The summed E-state index contributed by atoms with van der Waals surface area (Å²) in [6, 6.07) is 19.4. The molecule has 1 saturated heterocycles. The molecule has 0 aliphatic carbocycles. The molecule has 1 fully saturated rings. The molecule has 1 aliphatic rings. The summed E-state index contributed by atoms with van der Waals surface area (Å²) in [4.78, 5) is 2.41. The van der Waals surface area contributed by atoms with Crippen molar-refractivity contribution in [1.82, 2.24) is 19.9 Å². The van der Waals surface area contributed by atoms with Crippen LogP contribution in [0.25, 0.3) is 0 Å². The number of hydrogen-bond donors (Lipinski definition) is 0. The second-order valence-corrected chi connectivity index (χ2v) is 7.25. The van der Waals surface area contributed by atoms with Gasteiger partial charge in [0.2, 0.25) is 0 Å². The Morgan fingerprint density at radius 2 is 1.89 bits per heavy atom. The Hall–Kier alpha value is -2.50. The van der Waals surface area contributed by atoms with E-state index in [2.05, 4.69) is 83.8 Å². The van der Waals surface area contributed by atoms with Gasteiger partial charge in [0.1, 0.15) is 6.04 Å². The minimum absolute atomic E-state index is 0.0239. The van der Waals surface area contributed by atoms with Crippen molar-refractivity contribution < 1.29 is 4.74 Å². The van der Waals surface area contributed by atoms with Crippen LogP contribution in [0, 0.1) is 6.92 Å². The van der Waals surface area contributed by atoms with Crippen LogP contribution < -0.4 is 0 Å². The van der Waals surface area contributed by atoms with Gasteiger partial charge in [-0.25, -0.2) is 4.68 Å². The fraction of sp³-hybridized carbons (Fsp3) is 0.364. The summed E-state index contributed by atoms with van der Waals surface area (Å²) in [6.45, 7) is 7.66. The maximum Gasteiger partial charge on any atom is 0.104 e. The molecule has 1 aliphatic heterocycles. The van der Waals surface area contributed by atoms with E-state index in [0.717, 1.165) is 32.0 Å². The van der Waals surface area contributed by atoms with E-state index in [4.69, 9.17) is 4.74 Å². The van der Waals surface area contributed by atoms with Crippen molar-refractivity contribution >= 4 is 0 Å². The first-order chi connectivity index (χ1) is 13.2. The van der Waals surface area contributed by atoms with E-state index in [9.17, 15) is 0 Å². The average molecular weight is 362 g/mol. The Morgan fingerprint density at radius 3 is 2.67 bits per heavy atom. The average Bonchev–Trinajstić information content (AvgIpc) is 3.14. The van der Waals surface area contributed by atoms with Crippen LogP contribution in [0.4, 0.5) is 0 Å². The van der Waals surface area contributed by atoms with Gasteiger partial charge in [0.25, 0.3) is 0 Å². The molecular formula is C22H26N4O. The summed E-state index contributed by atoms with van der Waals surface area (Å²) in [7, 11) is 0. The lowest BCUT2D eigenvalue weighted by Crippen LogP contribution is -2.43.